The van der Waals surface area contributed by atoms with Crippen LogP contribution in [-0.2, 0) is 4.79 Å². The standard InChI is InChI=1S/C15H18N2O3/c1-2-3-7-10-16-15(20)17-11-13(14(18)19)12-8-5-4-6-9-12/h1,4-6,8-9,13H,3,7,10-11H2,(H,18,19)(H2,16,17,20). The van der Waals surface area contributed by atoms with Crippen LogP contribution in [0.4, 0.5) is 4.79 Å². The molecule has 0 bridgehead atoms. The number of amides is 2. The van der Waals surface area contributed by atoms with Crippen molar-refractivity contribution in [1.29, 1.82) is 0 Å². The van der Waals surface area contributed by atoms with E-state index >= 15 is 0 Å². The number of rotatable bonds is 7. The van der Waals surface area contributed by atoms with Crippen LogP contribution in [0.25, 0.3) is 0 Å². The fourth-order valence-corrected chi connectivity index (χ4v) is 1.68. The van der Waals surface area contributed by atoms with Crippen molar-refractivity contribution >= 4 is 12.0 Å². The molecule has 5 nitrogen and oxygen atoms in total. The molecule has 0 saturated carbocycles. The van der Waals surface area contributed by atoms with Crippen LogP contribution >= 0.6 is 0 Å². The fourth-order valence-electron chi connectivity index (χ4n) is 1.68. The number of unbranched alkanes of at least 4 members (excludes halogenated alkanes) is 1. The van der Waals surface area contributed by atoms with Crippen LogP contribution in [0.1, 0.15) is 24.3 Å². The lowest BCUT2D eigenvalue weighted by Gasteiger charge is -2.14. The molecule has 0 aliphatic carbocycles. The van der Waals surface area contributed by atoms with Crippen LogP contribution in [0.3, 0.4) is 0 Å². The maximum absolute atomic E-state index is 11.5. The van der Waals surface area contributed by atoms with Gasteiger partial charge in [0.2, 0.25) is 0 Å². The molecule has 1 atom stereocenters. The summed E-state index contributed by atoms with van der Waals surface area (Å²) in [6.07, 6.45) is 6.40. The summed E-state index contributed by atoms with van der Waals surface area (Å²) < 4.78 is 0. The van der Waals surface area contributed by atoms with E-state index in [0.29, 0.717) is 24.9 Å². The number of carboxylic acids is 1. The third-order valence-electron chi connectivity index (χ3n) is 2.75. The average Bonchev–Trinajstić information content (AvgIpc) is 2.44. The second-order valence-electron chi connectivity index (χ2n) is 4.25. The van der Waals surface area contributed by atoms with Gasteiger partial charge in [-0.15, -0.1) is 12.3 Å². The van der Waals surface area contributed by atoms with Gasteiger partial charge in [-0.3, -0.25) is 4.79 Å². The van der Waals surface area contributed by atoms with E-state index in [9.17, 15) is 14.7 Å². The molecule has 0 radical (unpaired) electrons. The van der Waals surface area contributed by atoms with Gasteiger partial charge in [0.25, 0.3) is 0 Å². The van der Waals surface area contributed by atoms with Crippen molar-refractivity contribution in [2.24, 2.45) is 0 Å². The predicted octanol–water partition coefficient (Wildman–Crippen LogP) is 1.57. The summed E-state index contributed by atoms with van der Waals surface area (Å²) in [6.45, 7) is 0.513. The molecule has 2 amide bonds. The first-order chi connectivity index (χ1) is 9.65. The van der Waals surface area contributed by atoms with Gasteiger partial charge in [0.05, 0.1) is 5.92 Å². The number of hydrogen-bond donors (Lipinski definition) is 3. The van der Waals surface area contributed by atoms with Crippen LogP contribution in [0.2, 0.25) is 0 Å². The van der Waals surface area contributed by atoms with E-state index in [2.05, 4.69) is 16.6 Å². The Kier molecular flexibility index (Phi) is 6.69. The minimum absolute atomic E-state index is 0.0420. The van der Waals surface area contributed by atoms with Crippen molar-refractivity contribution in [3.8, 4) is 12.3 Å². The molecule has 1 rings (SSSR count). The molecule has 1 unspecified atom stereocenters. The summed E-state index contributed by atoms with van der Waals surface area (Å²) in [5.41, 5.74) is 0.660. The quantitative estimate of drug-likeness (QED) is 0.521. The van der Waals surface area contributed by atoms with Crippen molar-refractivity contribution in [3.05, 3.63) is 35.9 Å². The summed E-state index contributed by atoms with van der Waals surface area (Å²) in [4.78, 5) is 22.7. The van der Waals surface area contributed by atoms with Crippen LogP contribution in [0, 0.1) is 12.3 Å². The second kappa shape index (κ2) is 8.59. The summed E-state index contributed by atoms with van der Waals surface area (Å²) >= 11 is 0. The molecule has 106 valence electrons. The zero-order chi connectivity index (χ0) is 14.8. The second-order valence-corrected chi connectivity index (χ2v) is 4.25. The third-order valence-corrected chi connectivity index (χ3v) is 2.75. The number of carbonyl (C=O) groups is 2. The van der Waals surface area contributed by atoms with Crippen molar-refractivity contribution in [1.82, 2.24) is 10.6 Å². The molecule has 1 aromatic carbocycles. The predicted molar refractivity (Wildman–Crippen MR) is 76.3 cm³/mol. The van der Waals surface area contributed by atoms with E-state index in [4.69, 9.17) is 6.42 Å². The van der Waals surface area contributed by atoms with Gasteiger partial charge in [0.15, 0.2) is 0 Å². The van der Waals surface area contributed by atoms with Gasteiger partial charge in [0, 0.05) is 19.5 Å². The first-order valence-corrected chi connectivity index (χ1v) is 6.38. The topological polar surface area (TPSA) is 78.4 Å². The number of aliphatic carboxylic acids is 1. The van der Waals surface area contributed by atoms with Gasteiger partial charge >= 0.3 is 12.0 Å². The largest absolute Gasteiger partial charge is 0.481 e. The van der Waals surface area contributed by atoms with Crippen LogP contribution in [0.15, 0.2) is 30.3 Å². The number of terminal acetylenes is 1. The third kappa shape index (κ3) is 5.44. The van der Waals surface area contributed by atoms with Gasteiger partial charge in [0.1, 0.15) is 0 Å². The van der Waals surface area contributed by atoms with E-state index in [1.807, 2.05) is 6.07 Å². The van der Waals surface area contributed by atoms with E-state index in [1.54, 1.807) is 24.3 Å². The number of nitrogens with one attached hydrogen (secondary N) is 2. The number of carbonyl (C=O) groups excluding carboxylic acids is 1. The zero-order valence-electron chi connectivity index (χ0n) is 11.1. The summed E-state index contributed by atoms with van der Waals surface area (Å²) in [7, 11) is 0. The van der Waals surface area contributed by atoms with Crippen molar-refractivity contribution < 1.29 is 14.7 Å². The smallest absolute Gasteiger partial charge is 0.314 e. The SMILES string of the molecule is C#CCCCNC(=O)NCC(C(=O)O)c1ccccc1. The molecule has 20 heavy (non-hydrogen) atoms. The lowest BCUT2D eigenvalue weighted by atomic mass is 9.99. The van der Waals surface area contributed by atoms with E-state index in [0.717, 1.165) is 0 Å². The Morgan fingerprint density at radius 2 is 1.95 bits per heavy atom. The Bertz CT molecular complexity index is 480. The molecular formula is C15H18N2O3. The van der Waals surface area contributed by atoms with Gasteiger partial charge in [-0.25, -0.2) is 4.79 Å². The summed E-state index contributed by atoms with van der Waals surface area (Å²) in [5.74, 6) is 0.753. The molecule has 5 heteroatoms. The van der Waals surface area contributed by atoms with Crippen LogP contribution < -0.4 is 10.6 Å². The Labute approximate surface area is 118 Å². The van der Waals surface area contributed by atoms with Crippen molar-refractivity contribution in [2.45, 2.75) is 18.8 Å². The first kappa shape index (κ1) is 15.6. The first-order valence-electron chi connectivity index (χ1n) is 6.38. The maximum atomic E-state index is 11.5. The highest BCUT2D eigenvalue weighted by Crippen LogP contribution is 2.14. The Morgan fingerprint density at radius 3 is 2.55 bits per heavy atom. The number of benzene rings is 1. The lowest BCUT2D eigenvalue weighted by Crippen LogP contribution is -2.39. The highest BCUT2D eigenvalue weighted by Gasteiger charge is 2.20. The minimum atomic E-state index is -0.969. The zero-order valence-corrected chi connectivity index (χ0v) is 11.1. The molecule has 0 saturated heterocycles. The molecule has 0 aliphatic rings. The van der Waals surface area contributed by atoms with E-state index < -0.39 is 11.9 Å². The molecule has 0 aliphatic heterocycles. The van der Waals surface area contributed by atoms with Crippen LogP contribution in [-0.4, -0.2) is 30.2 Å². The Morgan fingerprint density at radius 1 is 1.25 bits per heavy atom. The van der Waals surface area contributed by atoms with Gasteiger partial charge in [-0.2, -0.15) is 0 Å². The highest BCUT2D eigenvalue weighted by molar-refractivity contribution is 5.79. The van der Waals surface area contributed by atoms with Crippen molar-refractivity contribution in [2.75, 3.05) is 13.1 Å². The highest BCUT2D eigenvalue weighted by atomic mass is 16.4. The molecule has 3 N–H and O–H groups in total. The number of urea groups is 1. The van der Waals surface area contributed by atoms with E-state index in [-0.39, 0.29) is 12.6 Å². The van der Waals surface area contributed by atoms with E-state index in [1.165, 1.54) is 0 Å². The molecule has 1 aromatic rings. The maximum Gasteiger partial charge on any atom is 0.314 e. The Balaban J connectivity index is 2.43. The summed E-state index contributed by atoms with van der Waals surface area (Å²) in [6, 6.07) is 8.42. The fraction of sp³-hybridized carbons (Fsp3) is 0.333. The monoisotopic (exact) mass is 274 g/mol. The molecule has 0 fully saturated rings. The van der Waals surface area contributed by atoms with Gasteiger partial charge in [-0.05, 0) is 12.0 Å². The molecule has 0 spiro atoms. The normalized spacial score (nSPS) is 11.2. The average molecular weight is 274 g/mol. The summed E-state index contributed by atoms with van der Waals surface area (Å²) in [5, 5.41) is 14.4. The van der Waals surface area contributed by atoms with Gasteiger partial charge in [-0.1, -0.05) is 30.3 Å². The minimum Gasteiger partial charge on any atom is -0.481 e. The van der Waals surface area contributed by atoms with Crippen molar-refractivity contribution in [3.63, 3.8) is 0 Å². The molecule has 0 aromatic heterocycles. The molecule has 0 heterocycles. The lowest BCUT2D eigenvalue weighted by molar-refractivity contribution is -0.138. The van der Waals surface area contributed by atoms with Gasteiger partial charge < -0.3 is 15.7 Å². The Hall–Kier alpha value is -2.48. The van der Waals surface area contributed by atoms with Crippen LogP contribution in [0.5, 0.6) is 0 Å². The molecular weight excluding hydrogens is 256 g/mol. The number of carboxylic acid groups (broad SMARTS) is 1. The number of hydrogen-bond acceptors (Lipinski definition) is 2.